The molecule has 94 valence electrons. The first-order valence-corrected chi connectivity index (χ1v) is 6.57. The van der Waals surface area contributed by atoms with Gasteiger partial charge in [0.05, 0.1) is 12.2 Å². The van der Waals surface area contributed by atoms with E-state index in [1.165, 1.54) is 38.4 Å². The van der Waals surface area contributed by atoms with Crippen LogP contribution in [0.3, 0.4) is 0 Å². The van der Waals surface area contributed by atoms with Gasteiger partial charge in [-0.1, -0.05) is 26.2 Å². The Bertz CT molecular complexity index is 361. The minimum absolute atomic E-state index is 0.266. The zero-order valence-corrected chi connectivity index (χ0v) is 10.4. The van der Waals surface area contributed by atoms with Crippen molar-refractivity contribution in [3.05, 3.63) is 23.7 Å². The number of furan rings is 1. The van der Waals surface area contributed by atoms with E-state index in [1.54, 1.807) is 0 Å². The van der Waals surface area contributed by atoms with Gasteiger partial charge in [-0.2, -0.15) is 0 Å². The lowest BCUT2D eigenvalue weighted by Crippen LogP contribution is -2.05. The summed E-state index contributed by atoms with van der Waals surface area (Å²) in [6.07, 6.45) is 8.58. The Balaban J connectivity index is 1.97. The highest BCUT2D eigenvalue weighted by molar-refractivity contribution is 5.89. The lowest BCUT2D eigenvalue weighted by molar-refractivity contribution is 0.0504. The van der Waals surface area contributed by atoms with E-state index in [-0.39, 0.29) is 5.97 Å². The molecule has 0 N–H and O–H groups in total. The van der Waals surface area contributed by atoms with Crippen molar-refractivity contribution in [3.8, 4) is 0 Å². The van der Waals surface area contributed by atoms with E-state index in [1.807, 2.05) is 13.0 Å². The van der Waals surface area contributed by atoms with Gasteiger partial charge in [-0.3, -0.25) is 0 Å². The van der Waals surface area contributed by atoms with Crippen LogP contribution in [0.15, 0.2) is 16.7 Å². The molecule has 0 aliphatic heterocycles. The van der Waals surface area contributed by atoms with E-state index in [9.17, 15) is 4.79 Å². The molecule has 0 radical (unpaired) electrons. The van der Waals surface area contributed by atoms with Crippen LogP contribution in [0.5, 0.6) is 0 Å². The average Bonchev–Trinajstić information content (AvgIpc) is 2.86. The first-order chi connectivity index (χ1) is 8.31. The van der Waals surface area contributed by atoms with E-state index in [2.05, 4.69) is 0 Å². The highest BCUT2D eigenvalue weighted by Gasteiger charge is 2.20. The summed E-state index contributed by atoms with van der Waals surface area (Å²) in [4.78, 5) is 11.6. The summed E-state index contributed by atoms with van der Waals surface area (Å²) in [6, 6.07) is 1.86. The van der Waals surface area contributed by atoms with Gasteiger partial charge in [0, 0.05) is 5.92 Å². The molecule has 0 bridgehead atoms. The molecular weight excluding hydrogens is 216 g/mol. The van der Waals surface area contributed by atoms with Crippen molar-refractivity contribution in [2.75, 3.05) is 6.61 Å². The fourth-order valence-corrected chi connectivity index (χ4v) is 2.34. The van der Waals surface area contributed by atoms with Gasteiger partial charge < -0.3 is 9.15 Å². The number of ether oxygens (including phenoxy) is 1. The van der Waals surface area contributed by atoms with Gasteiger partial charge >= 0.3 is 5.97 Å². The molecule has 3 nitrogen and oxygen atoms in total. The molecular formula is C14H20O3. The quantitative estimate of drug-likeness (QED) is 0.744. The minimum Gasteiger partial charge on any atom is -0.468 e. The molecule has 2 rings (SSSR count). The van der Waals surface area contributed by atoms with Crippen LogP contribution in [-0.2, 0) is 4.74 Å². The van der Waals surface area contributed by atoms with Crippen LogP contribution in [0.25, 0.3) is 0 Å². The fourth-order valence-electron chi connectivity index (χ4n) is 2.34. The molecule has 1 aliphatic carbocycles. The Morgan fingerprint density at radius 2 is 2.18 bits per heavy atom. The van der Waals surface area contributed by atoms with Crippen molar-refractivity contribution in [2.45, 2.75) is 51.4 Å². The second-order valence-corrected chi connectivity index (χ2v) is 4.71. The summed E-state index contributed by atoms with van der Waals surface area (Å²) < 4.78 is 10.6. The molecule has 0 unspecified atom stereocenters. The van der Waals surface area contributed by atoms with Crippen molar-refractivity contribution in [3.63, 3.8) is 0 Å². The van der Waals surface area contributed by atoms with Crippen molar-refractivity contribution in [2.24, 2.45) is 0 Å². The van der Waals surface area contributed by atoms with Crippen LogP contribution in [0, 0.1) is 0 Å². The first-order valence-electron chi connectivity index (χ1n) is 6.57. The summed E-state index contributed by atoms with van der Waals surface area (Å²) >= 11 is 0. The summed E-state index contributed by atoms with van der Waals surface area (Å²) in [5.74, 6) is 1.18. The van der Waals surface area contributed by atoms with Crippen molar-refractivity contribution < 1.29 is 13.9 Å². The van der Waals surface area contributed by atoms with Gasteiger partial charge in [-0.25, -0.2) is 4.79 Å². The van der Waals surface area contributed by atoms with Crippen LogP contribution in [0.4, 0.5) is 0 Å². The standard InChI is InChI=1S/C14H20O3/c1-2-8-16-14(15)12-9-13(17-10-12)11-6-4-3-5-7-11/h9-11H,2-8H2,1H3. The van der Waals surface area contributed by atoms with Crippen molar-refractivity contribution >= 4 is 5.97 Å². The summed E-state index contributed by atoms with van der Waals surface area (Å²) in [5.41, 5.74) is 0.555. The number of rotatable bonds is 4. The molecule has 3 heteroatoms. The highest BCUT2D eigenvalue weighted by Crippen LogP contribution is 2.33. The summed E-state index contributed by atoms with van der Waals surface area (Å²) in [5, 5.41) is 0. The molecule has 0 spiro atoms. The monoisotopic (exact) mass is 236 g/mol. The normalized spacial score (nSPS) is 17.0. The Morgan fingerprint density at radius 1 is 1.41 bits per heavy atom. The van der Waals surface area contributed by atoms with E-state index < -0.39 is 0 Å². The van der Waals surface area contributed by atoms with Crippen LogP contribution in [0.2, 0.25) is 0 Å². The molecule has 17 heavy (non-hydrogen) atoms. The Labute approximate surface area is 102 Å². The SMILES string of the molecule is CCCOC(=O)c1coc(C2CCCCC2)c1. The largest absolute Gasteiger partial charge is 0.468 e. The number of carbonyl (C=O) groups excluding carboxylic acids is 1. The van der Waals surface area contributed by atoms with E-state index >= 15 is 0 Å². The maximum absolute atomic E-state index is 11.6. The van der Waals surface area contributed by atoms with Crippen LogP contribution >= 0.6 is 0 Å². The molecule has 1 aliphatic rings. The number of carbonyl (C=O) groups is 1. The predicted molar refractivity (Wildman–Crippen MR) is 65.1 cm³/mol. The van der Waals surface area contributed by atoms with Crippen LogP contribution < -0.4 is 0 Å². The van der Waals surface area contributed by atoms with Gasteiger partial charge in [0.2, 0.25) is 0 Å². The van der Waals surface area contributed by atoms with Crippen molar-refractivity contribution in [1.82, 2.24) is 0 Å². The van der Waals surface area contributed by atoms with Gasteiger partial charge in [0.25, 0.3) is 0 Å². The average molecular weight is 236 g/mol. The van der Waals surface area contributed by atoms with E-state index in [0.717, 1.165) is 12.2 Å². The maximum Gasteiger partial charge on any atom is 0.341 e. The molecule has 1 saturated carbocycles. The van der Waals surface area contributed by atoms with Gasteiger partial charge in [0.1, 0.15) is 12.0 Å². The Morgan fingerprint density at radius 3 is 2.88 bits per heavy atom. The predicted octanol–water partition coefficient (Wildman–Crippen LogP) is 3.89. The van der Waals surface area contributed by atoms with E-state index in [0.29, 0.717) is 18.1 Å². The number of esters is 1. The lowest BCUT2D eigenvalue weighted by Gasteiger charge is -2.18. The molecule has 0 saturated heterocycles. The third-order valence-corrected chi connectivity index (χ3v) is 3.30. The first kappa shape index (κ1) is 12.2. The van der Waals surface area contributed by atoms with Crippen LogP contribution in [0.1, 0.15) is 67.5 Å². The molecule has 0 atom stereocenters. The molecule has 0 amide bonds. The molecule has 0 aromatic carbocycles. The second-order valence-electron chi connectivity index (χ2n) is 4.71. The third-order valence-electron chi connectivity index (χ3n) is 3.30. The van der Waals surface area contributed by atoms with Gasteiger partial charge in [-0.15, -0.1) is 0 Å². The molecule has 1 aromatic heterocycles. The maximum atomic E-state index is 11.6. The number of hydrogen-bond donors (Lipinski definition) is 0. The van der Waals surface area contributed by atoms with E-state index in [4.69, 9.17) is 9.15 Å². The lowest BCUT2D eigenvalue weighted by atomic mass is 9.87. The molecule has 1 fully saturated rings. The topological polar surface area (TPSA) is 39.4 Å². The Hall–Kier alpha value is -1.25. The van der Waals surface area contributed by atoms with Crippen molar-refractivity contribution in [1.29, 1.82) is 0 Å². The smallest absolute Gasteiger partial charge is 0.341 e. The fraction of sp³-hybridized carbons (Fsp3) is 0.643. The highest BCUT2D eigenvalue weighted by atomic mass is 16.5. The Kier molecular flexibility index (Phi) is 4.24. The summed E-state index contributed by atoms with van der Waals surface area (Å²) in [7, 11) is 0. The second kappa shape index (κ2) is 5.89. The summed E-state index contributed by atoms with van der Waals surface area (Å²) in [6.45, 7) is 2.46. The third kappa shape index (κ3) is 3.11. The van der Waals surface area contributed by atoms with Crippen LogP contribution in [-0.4, -0.2) is 12.6 Å². The van der Waals surface area contributed by atoms with Gasteiger partial charge in [0.15, 0.2) is 0 Å². The zero-order valence-electron chi connectivity index (χ0n) is 10.4. The molecule has 1 aromatic rings. The molecule has 1 heterocycles. The zero-order chi connectivity index (χ0) is 12.1. The minimum atomic E-state index is -0.266. The van der Waals surface area contributed by atoms with Gasteiger partial charge in [-0.05, 0) is 25.3 Å². The number of hydrogen-bond acceptors (Lipinski definition) is 3.